The van der Waals surface area contributed by atoms with Crippen molar-refractivity contribution in [1.82, 2.24) is 9.03 Å². The second kappa shape index (κ2) is 6.80. The van der Waals surface area contributed by atoms with E-state index < -0.39 is 28.5 Å². The summed E-state index contributed by atoms with van der Waals surface area (Å²) in [6.07, 6.45) is -1.62. The molecule has 0 aromatic carbocycles. The Morgan fingerprint density at radius 1 is 1.43 bits per heavy atom. The van der Waals surface area contributed by atoms with Gasteiger partial charge in [-0.1, -0.05) is 26.7 Å². The SMILES string of the molecule is CCN(C1(CN)CCCC(C)C1)S(=O)(=O)NCC(F)(F)F. The first-order valence-corrected chi connectivity index (χ1v) is 8.54. The van der Waals surface area contributed by atoms with E-state index in [4.69, 9.17) is 5.73 Å². The quantitative estimate of drug-likeness (QED) is 0.776. The lowest BCUT2D eigenvalue weighted by molar-refractivity contribution is -0.121. The van der Waals surface area contributed by atoms with E-state index >= 15 is 0 Å². The molecule has 9 heteroatoms. The first-order chi connectivity index (χ1) is 9.56. The maximum absolute atomic E-state index is 12.3. The molecule has 2 unspecified atom stereocenters. The number of hydrogen-bond donors (Lipinski definition) is 2. The third-order valence-electron chi connectivity index (χ3n) is 4.01. The Morgan fingerprint density at radius 3 is 2.48 bits per heavy atom. The van der Waals surface area contributed by atoms with E-state index in [2.05, 4.69) is 0 Å². The molecule has 1 aliphatic rings. The highest BCUT2D eigenvalue weighted by Crippen LogP contribution is 2.37. The van der Waals surface area contributed by atoms with Crippen LogP contribution in [0.4, 0.5) is 13.2 Å². The summed E-state index contributed by atoms with van der Waals surface area (Å²) in [5.41, 5.74) is 5.01. The molecule has 126 valence electrons. The van der Waals surface area contributed by atoms with Crippen molar-refractivity contribution in [1.29, 1.82) is 0 Å². The predicted molar refractivity (Wildman–Crippen MR) is 74.8 cm³/mol. The van der Waals surface area contributed by atoms with Crippen molar-refractivity contribution < 1.29 is 21.6 Å². The average molecular weight is 331 g/mol. The van der Waals surface area contributed by atoms with Crippen LogP contribution >= 0.6 is 0 Å². The minimum Gasteiger partial charge on any atom is -0.329 e. The highest BCUT2D eigenvalue weighted by molar-refractivity contribution is 7.87. The van der Waals surface area contributed by atoms with Crippen molar-refractivity contribution in [2.75, 3.05) is 19.6 Å². The fourth-order valence-corrected chi connectivity index (χ4v) is 4.75. The molecule has 0 saturated heterocycles. The molecule has 0 bridgehead atoms. The summed E-state index contributed by atoms with van der Waals surface area (Å²) in [5.74, 6) is 0.300. The summed E-state index contributed by atoms with van der Waals surface area (Å²) >= 11 is 0. The molecule has 1 fully saturated rings. The molecule has 0 aromatic rings. The predicted octanol–water partition coefficient (Wildman–Crippen LogP) is 1.61. The Hall–Kier alpha value is -0.380. The van der Waals surface area contributed by atoms with Gasteiger partial charge in [-0.15, -0.1) is 0 Å². The summed E-state index contributed by atoms with van der Waals surface area (Å²) in [5, 5.41) is 0. The normalized spacial score (nSPS) is 28.0. The van der Waals surface area contributed by atoms with Gasteiger partial charge in [0.1, 0.15) is 6.54 Å². The molecule has 0 heterocycles. The number of hydrogen-bond acceptors (Lipinski definition) is 3. The van der Waals surface area contributed by atoms with E-state index in [0.29, 0.717) is 18.8 Å². The van der Waals surface area contributed by atoms with E-state index in [1.54, 1.807) is 11.6 Å². The molecule has 1 rings (SSSR count). The van der Waals surface area contributed by atoms with Crippen molar-refractivity contribution in [3.63, 3.8) is 0 Å². The fraction of sp³-hybridized carbons (Fsp3) is 1.00. The molecule has 0 radical (unpaired) electrons. The molecule has 3 N–H and O–H groups in total. The molecule has 0 aliphatic heterocycles. The maximum Gasteiger partial charge on any atom is 0.402 e. The number of nitrogens with one attached hydrogen (secondary N) is 1. The van der Waals surface area contributed by atoms with E-state index in [0.717, 1.165) is 17.1 Å². The second-order valence-corrected chi connectivity index (χ2v) is 7.42. The van der Waals surface area contributed by atoms with Gasteiger partial charge in [0.25, 0.3) is 10.2 Å². The minimum absolute atomic E-state index is 0.0944. The Labute approximate surface area is 124 Å². The van der Waals surface area contributed by atoms with Gasteiger partial charge < -0.3 is 5.73 Å². The first-order valence-electron chi connectivity index (χ1n) is 7.10. The monoisotopic (exact) mass is 331 g/mol. The summed E-state index contributed by atoms with van der Waals surface area (Å²) < 4.78 is 64.0. The molecular weight excluding hydrogens is 307 g/mol. The van der Waals surface area contributed by atoms with Crippen molar-refractivity contribution in [2.24, 2.45) is 11.7 Å². The van der Waals surface area contributed by atoms with Crippen LogP contribution in [0.25, 0.3) is 0 Å². The number of nitrogens with two attached hydrogens (primary N) is 1. The van der Waals surface area contributed by atoms with Crippen molar-refractivity contribution in [3.05, 3.63) is 0 Å². The zero-order valence-electron chi connectivity index (χ0n) is 12.4. The van der Waals surface area contributed by atoms with Crippen LogP contribution in [0.1, 0.15) is 39.5 Å². The van der Waals surface area contributed by atoms with E-state index in [-0.39, 0.29) is 13.1 Å². The summed E-state index contributed by atoms with van der Waals surface area (Å²) in [4.78, 5) is 0. The number of nitrogens with zero attached hydrogens (tertiary/aromatic N) is 1. The van der Waals surface area contributed by atoms with Gasteiger partial charge in [0.2, 0.25) is 0 Å². The van der Waals surface area contributed by atoms with Crippen LogP contribution < -0.4 is 10.5 Å². The lowest BCUT2D eigenvalue weighted by Crippen LogP contribution is -2.61. The highest BCUT2D eigenvalue weighted by atomic mass is 32.2. The number of rotatable bonds is 6. The average Bonchev–Trinajstić information content (AvgIpc) is 2.36. The number of halogens is 3. The fourth-order valence-electron chi connectivity index (χ4n) is 3.16. The minimum atomic E-state index is -4.58. The molecule has 2 atom stereocenters. The van der Waals surface area contributed by atoms with Gasteiger partial charge in [0.15, 0.2) is 0 Å². The van der Waals surface area contributed by atoms with Gasteiger partial charge in [-0.3, -0.25) is 0 Å². The Bertz CT molecular complexity index is 442. The summed E-state index contributed by atoms with van der Waals surface area (Å²) in [6.45, 7) is 2.26. The second-order valence-electron chi connectivity index (χ2n) is 5.74. The van der Waals surface area contributed by atoms with Crippen molar-refractivity contribution in [3.8, 4) is 0 Å². The van der Waals surface area contributed by atoms with Gasteiger partial charge >= 0.3 is 6.18 Å². The van der Waals surface area contributed by atoms with Crippen LogP contribution in [-0.2, 0) is 10.2 Å². The van der Waals surface area contributed by atoms with Gasteiger partial charge in [-0.05, 0) is 18.8 Å². The molecule has 21 heavy (non-hydrogen) atoms. The van der Waals surface area contributed by atoms with Crippen LogP contribution in [0.2, 0.25) is 0 Å². The lowest BCUT2D eigenvalue weighted by atomic mass is 9.76. The molecule has 0 spiro atoms. The van der Waals surface area contributed by atoms with E-state index in [1.165, 1.54) is 0 Å². The maximum atomic E-state index is 12.3. The summed E-state index contributed by atoms with van der Waals surface area (Å²) in [6, 6.07) is 0. The van der Waals surface area contributed by atoms with Gasteiger partial charge in [0, 0.05) is 18.6 Å². The molecular formula is C12H24F3N3O2S. The topological polar surface area (TPSA) is 75.4 Å². The Morgan fingerprint density at radius 2 is 2.05 bits per heavy atom. The van der Waals surface area contributed by atoms with Crippen LogP contribution in [0.3, 0.4) is 0 Å². The third-order valence-corrected chi connectivity index (χ3v) is 5.74. The number of likely N-dealkylation sites (N-methyl/N-ethyl adjacent to an activating group) is 1. The number of alkyl halides is 3. The van der Waals surface area contributed by atoms with Gasteiger partial charge in [0.05, 0.1) is 0 Å². The molecule has 5 nitrogen and oxygen atoms in total. The Balaban J connectivity index is 2.98. The van der Waals surface area contributed by atoms with Gasteiger partial charge in [-0.2, -0.15) is 30.6 Å². The van der Waals surface area contributed by atoms with E-state index in [1.807, 2.05) is 6.92 Å². The van der Waals surface area contributed by atoms with Crippen LogP contribution in [0.15, 0.2) is 0 Å². The standard InChI is InChI=1S/C12H24F3N3O2S/c1-3-18(21(19,20)17-9-12(13,14)15)11(8-16)6-4-5-10(2)7-11/h10,17H,3-9,16H2,1-2H3. The van der Waals surface area contributed by atoms with Crippen molar-refractivity contribution >= 4 is 10.2 Å². The largest absolute Gasteiger partial charge is 0.402 e. The Kier molecular flexibility index (Phi) is 6.05. The molecule has 0 aromatic heterocycles. The van der Waals surface area contributed by atoms with Crippen LogP contribution in [0, 0.1) is 5.92 Å². The first kappa shape index (κ1) is 18.7. The molecule has 1 aliphatic carbocycles. The molecule has 1 saturated carbocycles. The third kappa shape index (κ3) is 4.80. The van der Waals surface area contributed by atoms with Crippen LogP contribution in [0.5, 0.6) is 0 Å². The zero-order valence-corrected chi connectivity index (χ0v) is 13.2. The smallest absolute Gasteiger partial charge is 0.329 e. The van der Waals surface area contributed by atoms with E-state index in [9.17, 15) is 21.6 Å². The van der Waals surface area contributed by atoms with Crippen LogP contribution in [-0.4, -0.2) is 44.1 Å². The lowest BCUT2D eigenvalue weighted by Gasteiger charge is -2.46. The molecule has 0 amide bonds. The van der Waals surface area contributed by atoms with Gasteiger partial charge in [-0.25, -0.2) is 0 Å². The highest BCUT2D eigenvalue weighted by Gasteiger charge is 2.45. The zero-order chi connectivity index (χ0) is 16.3. The van der Waals surface area contributed by atoms with Crippen molar-refractivity contribution in [2.45, 2.75) is 51.2 Å². The summed E-state index contributed by atoms with van der Waals surface area (Å²) in [7, 11) is -4.22.